The summed E-state index contributed by atoms with van der Waals surface area (Å²) in [6.07, 6.45) is 15.3. The van der Waals surface area contributed by atoms with E-state index in [1.54, 1.807) is 10.4 Å². The molecule has 2 unspecified atom stereocenters. The number of rotatable bonds is 4. The van der Waals surface area contributed by atoms with Gasteiger partial charge in [-0.25, -0.2) is 0 Å². The Labute approximate surface area is 138 Å². The summed E-state index contributed by atoms with van der Waals surface area (Å²) in [4.78, 5) is 0. The van der Waals surface area contributed by atoms with Gasteiger partial charge in [-0.1, -0.05) is 0 Å². The summed E-state index contributed by atoms with van der Waals surface area (Å²) in [7, 11) is -2.29. The number of hydrogen-bond acceptors (Lipinski definition) is 0. The first-order chi connectivity index (χ1) is 9.42. The zero-order chi connectivity index (χ0) is 16.1. The molecule has 0 radical (unpaired) electrons. The Kier molecular flexibility index (Phi) is 4.80. The second-order valence-electron chi connectivity index (χ2n) is 9.34. The minimum atomic E-state index is -2.34. The summed E-state index contributed by atoms with van der Waals surface area (Å²) in [6.45, 7) is 14.8. The molecule has 0 amide bonds. The Balaban J connectivity index is 2.23. The maximum atomic E-state index is 2.66. The third-order valence-electron chi connectivity index (χ3n) is 5.13. The van der Waals surface area contributed by atoms with E-state index in [-0.39, 0.29) is 0 Å². The van der Waals surface area contributed by atoms with Crippen molar-refractivity contribution in [2.24, 2.45) is 0 Å². The van der Waals surface area contributed by atoms with Gasteiger partial charge in [0.1, 0.15) is 0 Å². The topological polar surface area (TPSA) is 0 Å². The molecule has 2 rings (SSSR count). The molecule has 0 N–H and O–H groups in total. The first-order valence-corrected chi connectivity index (χ1v) is 26.6. The van der Waals surface area contributed by atoms with Gasteiger partial charge in [0.25, 0.3) is 0 Å². The van der Waals surface area contributed by atoms with Crippen LogP contribution < -0.4 is 0 Å². The van der Waals surface area contributed by atoms with Crippen LogP contribution in [-0.2, 0) is 20.0 Å². The van der Waals surface area contributed by atoms with Crippen molar-refractivity contribution in [3.8, 4) is 0 Å². The first-order valence-electron chi connectivity index (χ1n) is 8.23. The normalized spacial score (nSPS) is 26.3. The van der Waals surface area contributed by atoms with E-state index >= 15 is 0 Å². The molecule has 0 aromatic carbocycles. The average molecular weight is 483 g/mol. The van der Waals surface area contributed by atoms with Crippen LogP contribution in [0.3, 0.4) is 0 Å². The van der Waals surface area contributed by atoms with Gasteiger partial charge in [-0.05, 0) is 0 Å². The van der Waals surface area contributed by atoms with Gasteiger partial charge in [0, 0.05) is 0 Å². The first kappa shape index (κ1) is 17.6. The fourth-order valence-corrected chi connectivity index (χ4v) is 17.1. The molecule has 0 saturated carbocycles. The SMILES string of the molecule is C[Si](C)(C)C1=C[CH]([Hf]([CH3])([CH3])[CH]2C=CC([Si](C)(C)C)=C2)C=C1. The van der Waals surface area contributed by atoms with Crippen LogP contribution in [0.1, 0.15) is 0 Å². The maximum absolute atomic E-state index is 2.66. The molecule has 2 atom stereocenters. The van der Waals surface area contributed by atoms with Gasteiger partial charge < -0.3 is 0 Å². The van der Waals surface area contributed by atoms with Crippen LogP contribution in [-0.4, -0.2) is 16.1 Å². The molecule has 3 heteroatoms. The second-order valence-corrected chi connectivity index (χ2v) is 37.4. The molecular formula is C18H32HfSi2. The standard InChI is InChI=1S/2C8H13Si.2CH3.Hf/c2*1-9(2,3)8-6-4-5-7-8;;;/h2*4-7H,1-3H3;2*1H3;. The van der Waals surface area contributed by atoms with Crippen molar-refractivity contribution < 1.29 is 20.0 Å². The Morgan fingerprint density at radius 2 is 1.05 bits per heavy atom. The van der Waals surface area contributed by atoms with Crippen LogP contribution in [0.15, 0.2) is 46.8 Å². The van der Waals surface area contributed by atoms with Crippen molar-refractivity contribution in [2.75, 3.05) is 0 Å². The Bertz CT molecular complexity index is 489. The van der Waals surface area contributed by atoms with Crippen LogP contribution in [0.4, 0.5) is 0 Å². The Hall–Kier alpha value is 0.264. The van der Waals surface area contributed by atoms with Crippen molar-refractivity contribution in [3.05, 3.63) is 46.8 Å². The van der Waals surface area contributed by atoms with Gasteiger partial charge >= 0.3 is 139 Å². The zero-order valence-electron chi connectivity index (χ0n) is 15.1. The van der Waals surface area contributed by atoms with Gasteiger partial charge in [0.2, 0.25) is 0 Å². The molecule has 0 fully saturated rings. The van der Waals surface area contributed by atoms with E-state index in [1.807, 2.05) is 0 Å². The van der Waals surface area contributed by atoms with Crippen molar-refractivity contribution in [2.45, 2.75) is 56.0 Å². The molecule has 0 aromatic heterocycles. The zero-order valence-corrected chi connectivity index (χ0v) is 20.7. The molecule has 116 valence electrons. The third-order valence-corrected chi connectivity index (χ3v) is 24.2. The van der Waals surface area contributed by atoms with E-state index in [4.69, 9.17) is 0 Å². The van der Waals surface area contributed by atoms with Gasteiger partial charge in [0.15, 0.2) is 0 Å². The van der Waals surface area contributed by atoms with E-state index in [1.165, 1.54) is 0 Å². The van der Waals surface area contributed by atoms with Crippen LogP contribution in [0.25, 0.3) is 0 Å². The monoisotopic (exact) mass is 484 g/mol. The number of allylic oxidation sites excluding steroid dienone is 8. The molecule has 0 spiro atoms. The van der Waals surface area contributed by atoms with Crippen LogP contribution in [0.2, 0.25) is 56.0 Å². The van der Waals surface area contributed by atoms with Crippen LogP contribution in [0.5, 0.6) is 0 Å². The van der Waals surface area contributed by atoms with E-state index in [0.29, 0.717) is 0 Å². The molecule has 0 nitrogen and oxygen atoms in total. The molecular weight excluding hydrogens is 451 g/mol. The Morgan fingerprint density at radius 3 is 1.29 bits per heavy atom. The molecule has 2 aliphatic carbocycles. The van der Waals surface area contributed by atoms with Gasteiger partial charge in [0.05, 0.1) is 0 Å². The fourth-order valence-electron chi connectivity index (χ4n) is 3.17. The van der Waals surface area contributed by atoms with E-state index in [9.17, 15) is 0 Å². The summed E-state index contributed by atoms with van der Waals surface area (Å²) < 4.78 is 6.91. The van der Waals surface area contributed by atoms with Crippen molar-refractivity contribution in [1.82, 2.24) is 0 Å². The summed E-state index contributed by atoms with van der Waals surface area (Å²) in [6, 6.07) is 0. The predicted octanol–water partition coefficient (Wildman–Crippen LogP) is 6.56. The molecule has 0 aliphatic heterocycles. The van der Waals surface area contributed by atoms with Crippen LogP contribution in [0, 0.1) is 0 Å². The van der Waals surface area contributed by atoms with Crippen molar-refractivity contribution in [1.29, 1.82) is 0 Å². The number of hydrogen-bond donors (Lipinski definition) is 0. The molecule has 21 heavy (non-hydrogen) atoms. The summed E-state index contributed by atoms with van der Waals surface area (Å²) in [5.41, 5.74) is 0. The van der Waals surface area contributed by atoms with Crippen LogP contribution >= 0.6 is 0 Å². The molecule has 0 heterocycles. The molecule has 0 saturated heterocycles. The predicted molar refractivity (Wildman–Crippen MR) is 100 cm³/mol. The van der Waals surface area contributed by atoms with E-state index in [0.717, 1.165) is 7.35 Å². The van der Waals surface area contributed by atoms with Crippen molar-refractivity contribution >= 4 is 16.1 Å². The summed E-state index contributed by atoms with van der Waals surface area (Å²) in [5.74, 6) is 0. The summed E-state index contributed by atoms with van der Waals surface area (Å²) in [5, 5.41) is 3.36. The fraction of sp³-hybridized carbons (Fsp3) is 0.556. The third kappa shape index (κ3) is 3.78. The van der Waals surface area contributed by atoms with E-state index < -0.39 is 36.1 Å². The summed E-state index contributed by atoms with van der Waals surface area (Å²) >= 11 is -2.34. The van der Waals surface area contributed by atoms with Crippen molar-refractivity contribution in [3.63, 3.8) is 0 Å². The quantitative estimate of drug-likeness (QED) is 0.398. The van der Waals surface area contributed by atoms with E-state index in [2.05, 4.69) is 85.1 Å². The Morgan fingerprint density at radius 1 is 0.714 bits per heavy atom. The average Bonchev–Trinajstić information content (AvgIpc) is 2.97. The van der Waals surface area contributed by atoms with Gasteiger partial charge in [-0.3, -0.25) is 0 Å². The molecule has 2 aliphatic rings. The minimum absolute atomic E-state index is 0.797. The molecule has 0 bridgehead atoms. The van der Waals surface area contributed by atoms with Gasteiger partial charge in [-0.2, -0.15) is 0 Å². The second kappa shape index (κ2) is 5.72. The molecule has 0 aromatic rings. The van der Waals surface area contributed by atoms with Gasteiger partial charge in [-0.15, -0.1) is 0 Å².